The fourth-order valence-corrected chi connectivity index (χ4v) is 6.05. The number of likely N-dealkylation sites (tertiary alicyclic amines) is 1. The van der Waals surface area contributed by atoms with Crippen LogP contribution in [0.1, 0.15) is 46.7 Å². The first-order chi connectivity index (χ1) is 20.5. The summed E-state index contributed by atoms with van der Waals surface area (Å²) in [4.78, 5) is 34.3. The Hall–Kier alpha value is -3.55. The van der Waals surface area contributed by atoms with Crippen LogP contribution in [0.15, 0.2) is 36.4 Å². The van der Waals surface area contributed by atoms with Gasteiger partial charge in [-0.3, -0.25) is 4.90 Å². The van der Waals surface area contributed by atoms with Crippen LogP contribution in [0.2, 0.25) is 0 Å². The van der Waals surface area contributed by atoms with Gasteiger partial charge in [0.1, 0.15) is 5.82 Å². The second-order valence-corrected chi connectivity index (χ2v) is 11.6. The molecule has 0 bridgehead atoms. The molecule has 2 aliphatic rings. The highest BCUT2D eigenvalue weighted by atomic mass is 19.4. The number of hydrogen-bond donors (Lipinski definition) is 0. The van der Waals surface area contributed by atoms with Crippen molar-refractivity contribution in [3.63, 3.8) is 0 Å². The molecule has 4 amide bonds. The molecule has 14 heteroatoms. The molecule has 4 rings (SSSR count). The van der Waals surface area contributed by atoms with Gasteiger partial charge in [-0.2, -0.15) is 26.3 Å². The molecule has 0 N–H and O–H groups in total. The minimum absolute atomic E-state index is 0.0354. The Morgan fingerprint density at radius 3 is 1.95 bits per heavy atom. The summed E-state index contributed by atoms with van der Waals surface area (Å²) in [6, 6.07) is 4.44. The van der Waals surface area contributed by atoms with Gasteiger partial charge in [-0.15, -0.1) is 0 Å². The molecule has 7 nitrogen and oxygen atoms in total. The number of urea groups is 2. The number of piperazine rings is 1. The van der Waals surface area contributed by atoms with Gasteiger partial charge in [-0.05, 0) is 66.8 Å². The van der Waals surface area contributed by atoms with E-state index in [1.807, 2.05) is 0 Å². The Bertz CT molecular complexity index is 1320. The van der Waals surface area contributed by atoms with E-state index < -0.39 is 47.9 Å². The van der Waals surface area contributed by atoms with Crippen LogP contribution >= 0.6 is 0 Å². The molecule has 0 spiro atoms. The number of alkyl halides is 6. The fourth-order valence-electron chi connectivity index (χ4n) is 6.05. The number of aryl methyl sites for hydroxylation is 1. The van der Waals surface area contributed by atoms with Crippen LogP contribution in [-0.2, 0) is 18.9 Å². The van der Waals surface area contributed by atoms with E-state index >= 15 is 0 Å². The Morgan fingerprint density at radius 2 is 1.43 bits per heavy atom. The van der Waals surface area contributed by atoms with Crippen molar-refractivity contribution in [3.05, 3.63) is 70.0 Å². The lowest BCUT2D eigenvalue weighted by atomic mass is 9.88. The second-order valence-electron chi connectivity index (χ2n) is 11.6. The normalized spacial score (nSPS) is 20.1. The van der Waals surface area contributed by atoms with Crippen LogP contribution in [0, 0.1) is 12.7 Å². The van der Waals surface area contributed by atoms with Crippen molar-refractivity contribution >= 4 is 12.1 Å². The van der Waals surface area contributed by atoms with E-state index in [0.717, 1.165) is 4.90 Å². The largest absolute Gasteiger partial charge is 0.416 e. The summed E-state index contributed by atoms with van der Waals surface area (Å²) in [7, 11) is 4.71. The van der Waals surface area contributed by atoms with Gasteiger partial charge in [0, 0.05) is 66.5 Å². The number of amides is 4. The molecule has 44 heavy (non-hydrogen) atoms. The predicted molar refractivity (Wildman–Crippen MR) is 149 cm³/mol. The first kappa shape index (κ1) is 33.3. The molecular formula is C30H36F7N5O2. The topological polar surface area (TPSA) is 50.3 Å². The molecule has 2 fully saturated rings. The van der Waals surface area contributed by atoms with E-state index in [-0.39, 0.29) is 30.2 Å². The van der Waals surface area contributed by atoms with Crippen LogP contribution in [0.4, 0.5) is 40.3 Å². The van der Waals surface area contributed by atoms with E-state index in [1.54, 1.807) is 36.9 Å². The van der Waals surface area contributed by atoms with E-state index in [1.165, 1.54) is 24.1 Å². The molecule has 2 saturated heterocycles. The van der Waals surface area contributed by atoms with E-state index in [9.17, 15) is 40.3 Å². The fraction of sp³-hybridized carbons (Fsp3) is 0.533. The van der Waals surface area contributed by atoms with Gasteiger partial charge in [0.05, 0.1) is 17.2 Å². The lowest BCUT2D eigenvalue weighted by Crippen LogP contribution is -2.57. The van der Waals surface area contributed by atoms with Crippen molar-refractivity contribution < 1.29 is 40.3 Å². The molecule has 0 aliphatic carbocycles. The third kappa shape index (κ3) is 7.56. The minimum atomic E-state index is -5.00. The highest BCUT2D eigenvalue weighted by Crippen LogP contribution is 2.38. The van der Waals surface area contributed by atoms with Crippen molar-refractivity contribution in [3.8, 4) is 0 Å². The molecule has 0 aromatic heterocycles. The average molecular weight is 632 g/mol. The molecule has 2 aliphatic heterocycles. The van der Waals surface area contributed by atoms with Gasteiger partial charge in [-0.1, -0.05) is 6.07 Å². The molecule has 0 saturated carbocycles. The predicted octanol–water partition coefficient (Wildman–Crippen LogP) is 6.23. The summed E-state index contributed by atoms with van der Waals surface area (Å²) in [5.74, 6) is -0.444. The maximum atomic E-state index is 14.0. The highest BCUT2D eigenvalue weighted by molar-refractivity contribution is 5.75. The first-order valence-corrected chi connectivity index (χ1v) is 14.2. The lowest BCUT2D eigenvalue weighted by molar-refractivity contribution is -0.143. The Morgan fingerprint density at radius 1 is 0.841 bits per heavy atom. The third-order valence-corrected chi connectivity index (χ3v) is 8.29. The van der Waals surface area contributed by atoms with Crippen LogP contribution < -0.4 is 0 Å². The van der Waals surface area contributed by atoms with Crippen LogP contribution in [0.3, 0.4) is 0 Å². The maximum Gasteiger partial charge on any atom is 0.416 e. The zero-order valence-electron chi connectivity index (χ0n) is 25.0. The molecular weight excluding hydrogens is 595 g/mol. The number of nitrogens with zero attached hydrogens (tertiary/aromatic N) is 5. The number of piperidine rings is 1. The third-order valence-electron chi connectivity index (χ3n) is 8.29. The van der Waals surface area contributed by atoms with E-state index in [4.69, 9.17) is 0 Å². The van der Waals surface area contributed by atoms with Crippen LogP contribution in [0.25, 0.3) is 0 Å². The van der Waals surface area contributed by atoms with Gasteiger partial charge in [0.2, 0.25) is 0 Å². The number of benzene rings is 2. The van der Waals surface area contributed by atoms with Gasteiger partial charge in [-0.25, -0.2) is 14.0 Å². The number of carbonyl (C=O) groups excluding carboxylic acids is 2. The first-order valence-electron chi connectivity index (χ1n) is 14.2. The summed E-state index contributed by atoms with van der Waals surface area (Å²) >= 11 is 0. The highest BCUT2D eigenvalue weighted by Gasteiger charge is 2.40. The van der Waals surface area contributed by atoms with Crippen LogP contribution in [-0.4, -0.2) is 96.5 Å². The Kier molecular flexibility index (Phi) is 9.72. The van der Waals surface area contributed by atoms with Crippen molar-refractivity contribution in [2.75, 3.05) is 53.9 Å². The molecule has 0 radical (unpaired) electrons. The standard InChI is InChI=1S/C30H36F7N5O2/c1-19-13-23(31)5-6-25(19)26-17-24(40-9-11-41(12-10-40)27(43)38(2)3)7-8-42(26)28(44)39(4)18-20-14-21(29(32,33)34)16-22(15-20)30(35,36)37/h5-6,13-16,24,26H,7-12,17-18H2,1-4H3. The number of halogens is 7. The summed E-state index contributed by atoms with van der Waals surface area (Å²) in [5, 5.41) is 0. The number of rotatable bonds is 4. The smallest absolute Gasteiger partial charge is 0.331 e. The van der Waals surface area contributed by atoms with Crippen LogP contribution in [0.5, 0.6) is 0 Å². The summed E-state index contributed by atoms with van der Waals surface area (Å²) < 4.78 is 94.4. The SMILES string of the molecule is Cc1cc(F)ccc1C1CC(N2CCN(C(=O)N(C)C)CC2)CCN1C(=O)N(C)Cc1cc(C(F)(F)F)cc(C(F)(F)F)c1. The van der Waals surface area contributed by atoms with Crippen molar-refractivity contribution in [1.82, 2.24) is 24.5 Å². The zero-order valence-corrected chi connectivity index (χ0v) is 25.0. The van der Waals surface area contributed by atoms with Crippen molar-refractivity contribution in [1.29, 1.82) is 0 Å². The molecule has 2 aromatic carbocycles. The molecule has 2 atom stereocenters. The quantitative estimate of drug-likeness (QED) is 0.377. The molecule has 242 valence electrons. The maximum absolute atomic E-state index is 14.0. The zero-order chi connectivity index (χ0) is 32.6. The van der Waals surface area contributed by atoms with Gasteiger partial charge in [0.25, 0.3) is 0 Å². The average Bonchev–Trinajstić information content (AvgIpc) is 2.95. The minimum Gasteiger partial charge on any atom is -0.331 e. The Labute approximate surface area is 251 Å². The summed E-state index contributed by atoms with van der Waals surface area (Å²) in [6.45, 7) is 3.84. The monoisotopic (exact) mass is 631 g/mol. The van der Waals surface area contributed by atoms with Gasteiger partial charge in [0.15, 0.2) is 0 Å². The van der Waals surface area contributed by atoms with Crippen molar-refractivity contribution in [2.24, 2.45) is 0 Å². The summed E-state index contributed by atoms with van der Waals surface area (Å²) in [5.41, 5.74) is -1.88. The second kappa shape index (κ2) is 12.8. The molecule has 2 unspecified atom stereocenters. The van der Waals surface area contributed by atoms with Gasteiger partial charge >= 0.3 is 24.4 Å². The van der Waals surface area contributed by atoms with Crippen molar-refractivity contribution in [2.45, 2.75) is 50.7 Å². The van der Waals surface area contributed by atoms with E-state index in [2.05, 4.69) is 4.90 Å². The Balaban J connectivity index is 1.56. The molecule has 2 aromatic rings. The lowest BCUT2D eigenvalue weighted by Gasteiger charge is -2.47. The number of hydrogen-bond acceptors (Lipinski definition) is 3. The summed E-state index contributed by atoms with van der Waals surface area (Å²) in [6.07, 6.45) is -8.96. The molecule has 2 heterocycles. The number of carbonyl (C=O) groups is 2. The van der Waals surface area contributed by atoms with Gasteiger partial charge < -0.3 is 19.6 Å². The van der Waals surface area contributed by atoms with E-state index in [0.29, 0.717) is 62.3 Å².